The Morgan fingerprint density at radius 2 is 1.39 bits per heavy atom. The van der Waals surface area contributed by atoms with E-state index in [-0.39, 0.29) is 0 Å². The number of piperazine rings is 1. The Hall–Kier alpha value is -3.19. The van der Waals surface area contributed by atoms with Crippen molar-refractivity contribution in [2.45, 2.75) is 36.8 Å². The van der Waals surface area contributed by atoms with E-state index in [1.54, 1.807) is 11.8 Å². The number of rotatable bonds is 11. The Bertz CT molecular complexity index is 1240. The average molecular weight is 524 g/mol. The topological polar surface area (TPSA) is 37.2 Å². The molecular formula is C32H37N5S. The lowest BCUT2D eigenvalue weighted by molar-refractivity contribution is 0.110. The minimum absolute atomic E-state index is 0.294. The van der Waals surface area contributed by atoms with E-state index in [1.807, 2.05) is 0 Å². The molecule has 0 amide bonds. The molecule has 0 unspecified atom stereocenters. The normalized spacial score (nSPS) is 14.7. The highest BCUT2D eigenvalue weighted by molar-refractivity contribution is 7.98. The van der Waals surface area contributed by atoms with Crippen molar-refractivity contribution >= 4 is 11.8 Å². The molecule has 1 saturated heterocycles. The minimum Gasteiger partial charge on any atom is -0.302 e. The van der Waals surface area contributed by atoms with Crippen LogP contribution in [0.3, 0.4) is 0 Å². The van der Waals surface area contributed by atoms with Crippen LogP contribution in [0.25, 0.3) is 0 Å². The minimum atomic E-state index is 0.294. The number of hydrogen-bond acceptors (Lipinski definition) is 5. The SMILES string of the molecule is C=C(C)Cn1c(CCN2CCN(C(c3ccccc3)c3ccccc3)CC2)nnc1SCc1ccccc1. The maximum absolute atomic E-state index is 4.60. The molecule has 0 saturated carbocycles. The molecule has 0 N–H and O–H groups in total. The van der Waals surface area contributed by atoms with Crippen molar-refractivity contribution in [3.63, 3.8) is 0 Å². The number of thioether (sulfide) groups is 1. The lowest BCUT2D eigenvalue weighted by atomic mass is 9.96. The van der Waals surface area contributed by atoms with E-state index >= 15 is 0 Å². The zero-order valence-corrected chi connectivity index (χ0v) is 23.1. The van der Waals surface area contributed by atoms with Crippen molar-refractivity contribution < 1.29 is 0 Å². The van der Waals surface area contributed by atoms with Crippen LogP contribution in [0.15, 0.2) is 108 Å². The van der Waals surface area contributed by atoms with Gasteiger partial charge in [0.25, 0.3) is 0 Å². The van der Waals surface area contributed by atoms with Gasteiger partial charge in [0, 0.05) is 51.4 Å². The lowest BCUT2D eigenvalue weighted by Gasteiger charge is -2.39. The third-order valence-corrected chi connectivity index (χ3v) is 8.12. The van der Waals surface area contributed by atoms with E-state index in [9.17, 15) is 0 Å². The summed E-state index contributed by atoms with van der Waals surface area (Å²) < 4.78 is 2.26. The van der Waals surface area contributed by atoms with Gasteiger partial charge in [-0.1, -0.05) is 115 Å². The van der Waals surface area contributed by atoms with Crippen LogP contribution >= 0.6 is 11.8 Å². The van der Waals surface area contributed by atoms with Gasteiger partial charge in [0.1, 0.15) is 5.82 Å². The van der Waals surface area contributed by atoms with Crippen LogP contribution in [0, 0.1) is 0 Å². The summed E-state index contributed by atoms with van der Waals surface area (Å²) in [5.74, 6) is 1.94. The number of nitrogens with zero attached hydrogens (tertiary/aromatic N) is 5. The van der Waals surface area contributed by atoms with E-state index in [1.165, 1.54) is 16.7 Å². The Labute approximate surface area is 231 Å². The number of allylic oxidation sites excluding steroid dienone is 1. The van der Waals surface area contributed by atoms with Gasteiger partial charge in [0.15, 0.2) is 5.16 Å². The van der Waals surface area contributed by atoms with Gasteiger partial charge < -0.3 is 9.47 Å². The average Bonchev–Trinajstić information content (AvgIpc) is 3.34. The van der Waals surface area contributed by atoms with E-state index < -0.39 is 0 Å². The molecule has 0 spiro atoms. The predicted octanol–water partition coefficient (Wildman–Crippen LogP) is 6.10. The molecule has 0 radical (unpaired) electrons. The zero-order valence-electron chi connectivity index (χ0n) is 22.2. The molecule has 5 nitrogen and oxygen atoms in total. The number of hydrogen-bond donors (Lipinski definition) is 0. The summed E-state index contributed by atoms with van der Waals surface area (Å²) in [7, 11) is 0. The largest absolute Gasteiger partial charge is 0.302 e. The van der Waals surface area contributed by atoms with Crippen LogP contribution in [-0.2, 0) is 18.7 Å². The van der Waals surface area contributed by atoms with Crippen LogP contribution in [0.4, 0.5) is 0 Å². The van der Waals surface area contributed by atoms with Crippen LogP contribution in [0.5, 0.6) is 0 Å². The predicted molar refractivity (Wildman–Crippen MR) is 157 cm³/mol. The van der Waals surface area contributed by atoms with Gasteiger partial charge in [-0.2, -0.15) is 0 Å². The Balaban J connectivity index is 1.20. The molecule has 6 heteroatoms. The standard InChI is InChI=1S/C32H37N5S/c1-26(2)24-37-30(33-34-32(37)38-25-27-12-6-3-7-13-27)18-19-35-20-22-36(23-21-35)31(28-14-8-4-9-15-28)29-16-10-5-11-17-29/h3-17,31H,1,18-25H2,2H3. The van der Waals surface area contributed by atoms with E-state index in [4.69, 9.17) is 0 Å². The quantitative estimate of drug-likeness (QED) is 0.176. The fraction of sp³-hybridized carbons (Fsp3) is 0.312. The summed E-state index contributed by atoms with van der Waals surface area (Å²) in [6.07, 6.45) is 0.896. The van der Waals surface area contributed by atoms with Crippen LogP contribution in [-0.4, -0.2) is 57.3 Å². The summed E-state index contributed by atoms with van der Waals surface area (Å²) >= 11 is 1.75. The van der Waals surface area contributed by atoms with Gasteiger partial charge in [-0.05, 0) is 23.6 Å². The third kappa shape index (κ3) is 6.81. The molecule has 0 aliphatic carbocycles. The molecule has 196 valence electrons. The van der Waals surface area contributed by atoms with E-state index in [0.29, 0.717) is 6.04 Å². The number of aromatic nitrogens is 3. The molecule has 3 aromatic carbocycles. The van der Waals surface area contributed by atoms with Crippen LogP contribution in [0.1, 0.15) is 35.5 Å². The first-order valence-electron chi connectivity index (χ1n) is 13.5. The van der Waals surface area contributed by atoms with Gasteiger partial charge >= 0.3 is 0 Å². The maximum Gasteiger partial charge on any atom is 0.191 e. The van der Waals surface area contributed by atoms with Crippen molar-refractivity contribution in [1.29, 1.82) is 0 Å². The summed E-state index contributed by atoms with van der Waals surface area (Å²) in [5.41, 5.74) is 5.14. The Morgan fingerprint density at radius 1 is 0.816 bits per heavy atom. The molecule has 1 fully saturated rings. The summed E-state index contributed by atoms with van der Waals surface area (Å²) in [6.45, 7) is 12.2. The van der Waals surface area contributed by atoms with Crippen LogP contribution < -0.4 is 0 Å². The Morgan fingerprint density at radius 3 is 1.97 bits per heavy atom. The lowest BCUT2D eigenvalue weighted by Crippen LogP contribution is -2.48. The fourth-order valence-corrected chi connectivity index (χ4v) is 6.06. The van der Waals surface area contributed by atoms with Gasteiger partial charge in [-0.15, -0.1) is 10.2 Å². The first-order chi connectivity index (χ1) is 18.7. The second-order valence-electron chi connectivity index (χ2n) is 10.1. The zero-order chi connectivity index (χ0) is 26.2. The molecule has 0 atom stereocenters. The van der Waals surface area contributed by atoms with Crippen molar-refractivity contribution in [2.75, 3.05) is 32.7 Å². The maximum atomic E-state index is 4.60. The molecule has 1 aromatic heterocycles. The first kappa shape index (κ1) is 26.4. The first-order valence-corrected chi connectivity index (χ1v) is 14.5. The van der Waals surface area contributed by atoms with Gasteiger partial charge in [-0.25, -0.2) is 0 Å². The monoisotopic (exact) mass is 523 g/mol. The molecule has 38 heavy (non-hydrogen) atoms. The summed E-state index contributed by atoms with van der Waals surface area (Å²) in [5, 5.41) is 10.1. The molecule has 1 aliphatic heterocycles. The Kier molecular flexibility index (Phi) is 9.07. The highest BCUT2D eigenvalue weighted by atomic mass is 32.2. The van der Waals surface area contributed by atoms with Gasteiger partial charge in [-0.3, -0.25) is 4.90 Å². The second-order valence-corrected chi connectivity index (χ2v) is 11.0. The third-order valence-electron chi connectivity index (χ3n) is 7.09. The summed E-state index contributed by atoms with van der Waals surface area (Å²) in [6, 6.07) is 32.7. The molecule has 4 aromatic rings. The van der Waals surface area contributed by atoms with Crippen molar-refractivity contribution in [2.24, 2.45) is 0 Å². The van der Waals surface area contributed by atoms with Crippen molar-refractivity contribution in [3.05, 3.63) is 126 Å². The van der Waals surface area contributed by atoms with Crippen LogP contribution in [0.2, 0.25) is 0 Å². The summed E-state index contributed by atoms with van der Waals surface area (Å²) in [4.78, 5) is 5.20. The highest BCUT2D eigenvalue weighted by Crippen LogP contribution is 2.29. The van der Waals surface area contributed by atoms with Gasteiger partial charge in [0.2, 0.25) is 0 Å². The van der Waals surface area contributed by atoms with E-state index in [0.717, 1.165) is 68.0 Å². The van der Waals surface area contributed by atoms with Gasteiger partial charge in [0.05, 0.1) is 6.04 Å². The smallest absolute Gasteiger partial charge is 0.191 e. The van der Waals surface area contributed by atoms with E-state index in [2.05, 4.69) is 129 Å². The molecule has 5 rings (SSSR count). The molecular weight excluding hydrogens is 486 g/mol. The van der Waals surface area contributed by atoms with Crippen molar-refractivity contribution in [1.82, 2.24) is 24.6 Å². The fourth-order valence-electron chi connectivity index (χ4n) is 5.15. The number of benzene rings is 3. The molecule has 1 aliphatic rings. The molecule has 0 bridgehead atoms. The van der Waals surface area contributed by atoms with Crippen molar-refractivity contribution in [3.8, 4) is 0 Å². The molecule has 2 heterocycles. The highest BCUT2D eigenvalue weighted by Gasteiger charge is 2.26. The second kappa shape index (κ2) is 13.1.